The number of benzene rings is 1. The Morgan fingerprint density at radius 3 is 3.04 bits per heavy atom. The number of ether oxygens (including phenoxy) is 1. The van der Waals surface area contributed by atoms with E-state index in [-0.39, 0.29) is 11.8 Å². The summed E-state index contributed by atoms with van der Waals surface area (Å²) in [6.45, 7) is 4.02. The first-order chi connectivity index (χ1) is 11.0. The number of hydrogen-bond acceptors (Lipinski definition) is 4. The van der Waals surface area contributed by atoms with Crippen molar-refractivity contribution in [2.45, 2.75) is 25.2 Å². The summed E-state index contributed by atoms with van der Waals surface area (Å²) in [6.07, 6.45) is 7.87. The minimum atomic E-state index is -0.0357. The number of amides is 1. The average Bonchev–Trinajstić information content (AvgIpc) is 2.52. The topological polar surface area (TPSA) is 50.7 Å². The maximum Gasteiger partial charge on any atom is 0.240 e. The van der Waals surface area contributed by atoms with E-state index < -0.39 is 0 Å². The van der Waals surface area contributed by atoms with Crippen molar-refractivity contribution in [3.05, 3.63) is 29.3 Å². The van der Waals surface area contributed by atoms with Crippen LogP contribution in [0, 0.1) is 18.3 Å². The summed E-state index contributed by atoms with van der Waals surface area (Å²) in [5.74, 6) is 4.12. The van der Waals surface area contributed by atoms with E-state index in [1.54, 1.807) is 18.9 Å². The van der Waals surface area contributed by atoms with Crippen LogP contribution >= 0.6 is 11.8 Å². The molecule has 0 fully saturated rings. The van der Waals surface area contributed by atoms with E-state index in [2.05, 4.69) is 28.6 Å². The monoisotopic (exact) mass is 328 g/mol. The lowest BCUT2D eigenvalue weighted by Gasteiger charge is -2.19. The Morgan fingerprint density at radius 1 is 1.61 bits per heavy atom. The molecule has 5 heteroatoms. The van der Waals surface area contributed by atoms with Crippen LogP contribution in [0.1, 0.15) is 25.8 Å². The lowest BCUT2D eigenvalue weighted by Crippen LogP contribution is -2.31. The Bertz CT molecular complexity index is 701. The van der Waals surface area contributed by atoms with E-state index in [9.17, 15) is 4.79 Å². The van der Waals surface area contributed by atoms with Gasteiger partial charge in [0.25, 0.3) is 0 Å². The molecule has 2 rings (SSSR count). The zero-order chi connectivity index (χ0) is 16.8. The molecule has 1 aromatic carbocycles. The van der Waals surface area contributed by atoms with Gasteiger partial charge >= 0.3 is 0 Å². The largest absolute Gasteiger partial charge is 0.496 e. The number of nitrogens with zero attached hydrogens (tertiary/aromatic N) is 1. The minimum absolute atomic E-state index is 0.0357. The molecule has 0 aromatic heterocycles. The molecule has 1 aliphatic rings. The number of nitrogens with one attached hydrogen (secondary N) is 1. The Labute approximate surface area is 141 Å². The molecular weight excluding hydrogens is 308 g/mol. The lowest BCUT2D eigenvalue weighted by atomic mass is 9.93. The SMILES string of the molecule is C#CCSc1cc(C=C(C)C2=NNC(=O)CC2C)ccc1OC. The maximum atomic E-state index is 11.3. The van der Waals surface area contributed by atoms with Gasteiger partial charge in [0.1, 0.15) is 5.75 Å². The third kappa shape index (κ3) is 4.40. The Morgan fingerprint density at radius 2 is 2.39 bits per heavy atom. The highest BCUT2D eigenvalue weighted by Gasteiger charge is 2.21. The van der Waals surface area contributed by atoms with E-state index in [4.69, 9.17) is 11.2 Å². The van der Waals surface area contributed by atoms with Gasteiger partial charge in [-0.05, 0) is 30.2 Å². The Hall–Kier alpha value is -2.19. The first-order valence-corrected chi connectivity index (χ1v) is 8.33. The Balaban J connectivity index is 2.27. The molecular formula is C18H20N2O2S. The van der Waals surface area contributed by atoms with Crippen LogP contribution in [0.15, 0.2) is 33.8 Å². The predicted octanol–water partition coefficient (Wildman–Crippen LogP) is 3.34. The third-order valence-corrected chi connectivity index (χ3v) is 4.49. The molecule has 23 heavy (non-hydrogen) atoms. The van der Waals surface area contributed by atoms with Crippen LogP contribution in [-0.4, -0.2) is 24.5 Å². The van der Waals surface area contributed by atoms with Crippen LogP contribution in [0.3, 0.4) is 0 Å². The highest BCUT2D eigenvalue weighted by atomic mass is 32.2. The second kappa shape index (κ2) is 7.89. The number of terminal acetylenes is 1. The quantitative estimate of drug-likeness (QED) is 0.666. The Kier molecular flexibility index (Phi) is 5.89. The van der Waals surface area contributed by atoms with Crippen LogP contribution in [0.25, 0.3) is 6.08 Å². The van der Waals surface area contributed by atoms with Gasteiger partial charge in [-0.15, -0.1) is 18.2 Å². The predicted molar refractivity (Wildman–Crippen MR) is 95.6 cm³/mol. The number of carbonyl (C=O) groups excluding carboxylic acids is 1. The summed E-state index contributed by atoms with van der Waals surface area (Å²) in [7, 11) is 1.65. The molecule has 1 amide bonds. The molecule has 0 saturated heterocycles. The number of hydrazone groups is 1. The standard InChI is InChI=1S/C18H20N2O2S/c1-5-8-23-16-11-14(6-7-15(16)22-4)9-12(2)18-13(3)10-17(21)19-20-18/h1,6-7,9,11,13H,8,10H2,2-4H3,(H,19,21). The van der Waals surface area contributed by atoms with Crippen molar-refractivity contribution < 1.29 is 9.53 Å². The number of methoxy groups -OCH3 is 1. The maximum absolute atomic E-state index is 11.3. The summed E-state index contributed by atoms with van der Waals surface area (Å²) in [5.41, 5.74) is 5.55. The molecule has 4 nitrogen and oxygen atoms in total. The fraction of sp³-hybridized carbons (Fsp3) is 0.333. The summed E-state index contributed by atoms with van der Waals surface area (Å²) >= 11 is 1.57. The van der Waals surface area contributed by atoms with Crippen molar-refractivity contribution >= 4 is 29.5 Å². The molecule has 0 radical (unpaired) electrons. The van der Waals surface area contributed by atoms with Crippen LogP contribution in [-0.2, 0) is 4.79 Å². The second-order valence-corrected chi connectivity index (χ2v) is 6.38. The van der Waals surface area contributed by atoms with E-state index in [0.717, 1.165) is 27.5 Å². The summed E-state index contributed by atoms with van der Waals surface area (Å²) in [5, 5.41) is 4.19. The molecule has 1 unspecified atom stereocenters. The normalized spacial score (nSPS) is 18.0. The minimum Gasteiger partial charge on any atom is -0.496 e. The average molecular weight is 328 g/mol. The van der Waals surface area contributed by atoms with Gasteiger partial charge in [0.2, 0.25) is 5.91 Å². The fourth-order valence-corrected chi connectivity index (χ4v) is 3.22. The molecule has 1 aromatic rings. The highest BCUT2D eigenvalue weighted by molar-refractivity contribution is 7.99. The van der Waals surface area contributed by atoms with Crippen LogP contribution in [0.4, 0.5) is 0 Å². The van der Waals surface area contributed by atoms with Crippen LogP contribution in [0.5, 0.6) is 5.75 Å². The van der Waals surface area contributed by atoms with Gasteiger partial charge in [0.05, 0.1) is 23.5 Å². The fourth-order valence-electron chi connectivity index (χ4n) is 2.47. The van der Waals surface area contributed by atoms with Crippen molar-refractivity contribution in [2.75, 3.05) is 12.9 Å². The summed E-state index contributed by atoms with van der Waals surface area (Å²) in [6, 6.07) is 5.98. The van der Waals surface area contributed by atoms with Crippen molar-refractivity contribution in [1.82, 2.24) is 5.43 Å². The zero-order valence-corrected chi connectivity index (χ0v) is 14.4. The molecule has 1 aliphatic heterocycles. The molecule has 1 atom stereocenters. The van der Waals surface area contributed by atoms with Gasteiger partial charge in [0.15, 0.2) is 0 Å². The van der Waals surface area contributed by atoms with E-state index in [0.29, 0.717) is 12.2 Å². The molecule has 120 valence electrons. The number of rotatable bonds is 5. The smallest absolute Gasteiger partial charge is 0.240 e. The summed E-state index contributed by atoms with van der Waals surface area (Å²) < 4.78 is 5.37. The first kappa shape index (κ1) is 17.2. The van der Waals surface area contributed by atoms with Crippen molar-refractivity contribution in [1.29, 1.82) is 0 Å². The van der Waals surface area contributed by atoms with Gasteiger partial charge in [-0.3, -0.25) is 4.79 Å². The van der Waals surface area contributed by atoms with Gasteiger partial charge in [0, 0.05) is 12.3 Å². The second-order valence-electron chi connectivity index (χ2n) is 5.37. The van der Waals surface area contributed by atoms with Gasteiger partial charge < -0.3 is 4.74 Å². The van der Waals surface area contributed by atoms with Crippen LogP contribution < -0.4 is 10.2 Å². The highest BCUT2D eigenvalue weighted by Crippen LogP contribution is 2.31. The zero-order valence-electron chi connectivity index (χ0n) is 13.6. The van der Waals surface area contributed by atoms with Crippen LogP contribution in [0.2, 0.25) is 0 Å². The number of thioether (sulfide) groups is 1. The number of carbonyl (C=O) groups is 1. The molecule has 0 saturated carbocycles. The van der Waals surface area contributed by atoms with E-state index in [1.165, 1.54) is 0 Å². The first-order valence-electron chi connectivity index (χ1n) is 7.34. The molecule has 0 aliphatic carbocycles. The third-order valence-electron chi connectivity index (χ3n) is 3.55. The lowest BCUT2D eigenvalue weighted by molar-refractivity contribution is -0.121. The molecule has 0 spiro atoms. The summed E-state index contributed by atoms with van der Waals surface area (Å²) in [4.78, 5) is 12.4. The van der Waals surface area contributed by atoms with Gasteiger partial charge in [-0.1, -0.05) is 25.0 Å². The number of hydrogen-bond donors (Lipinski definition) is 1. The van der Waals surface area contributed by atoms with Crippen molar-refractivity contribution in [3.63, 3.8) is 0 Å². The van der Waals surface area contributed by atoms with E-state index >= 15 is 0 Å². The molecule has 1 heterocycles. The van der Waals surface area contributed by atoms with Crippen molar-refractivity contribution in [3.8, 4) is 18.1 Å². The number of allylic oxidation sites excluding steroid dienone is 1. The van der Waals surface area contributed by atoms with Crippen molar-refractivity contribution in [2.24, 2.45) is 11.0 Å². The molecule has 1 N–H and O–H groups in total. The molecule has 0 bridgehead atoms. The van der Waals surface area contributed by atoms with Gasteiger partial charge in [-0.25, -0.2) is 5.43 Å². The van der Waals surface area contributed by atoms with E-state index in [1.807, 2.05) is 26.0 Å². The van der Waals surface area contributed by atoms with Gasteiger partial charge in [-0.2, -0.15) is 5.10 Å².